The highest BCUT2D eigenvalue weighted by atomic mass is 16.5. The first-order valence-electron chi connectivity index (χ1n) is 7.57. The van der Waals surface area contributed by atoms with Crippen LogP contribution in [0.4, 0.5) is 0 Å². The lowest BCUT2D eigenvalue weighted by atomic mass is 9.83. The molecule has 2 N–H and O–H groups in total. The molecule has 1 aliphatic heterocycles. The Morgan fingerprint density at radius 2 is 1.76 bits per heavy atom. The topological polar surface area (TPSA) is 35.2 Å². The normalized spacial score (nSPS) is 18.7. The molecule has 1 heterocycles. The summed E-state index contributed by atoms with van der Waals surface area (Å²) in [6, 6.07) is 16.9. The molecule has 0 aromatic heterocycles. The van der Waals surface area contributed by atoms with E-state index in [1.807, 2.05) is 6.07 Å². The van der Waals surface area contributed by atoms with Gasteiger partial charge in [-0.3, -0.25) is 0 Å². The molecule has 21 heavy (non-hydrogen) atoms. The van der Waals surface area contributed by atoms with E-state index < -0.39 is 0 Å². The second kappa shape index (κ2) is 5.19. The Hall–Kier alpha value is -1.80. The minimum absolute atomic E-state index is 0.00546. The zero-order valence-electron chi connectivity index (χ0n) is 13.0. The number of hydrogen-bond donors (Lipinski definition) is 1. The van der Waals surface area contributed by atoms with Gasteiger partial charge in [0.15, 0.2) is 0 Å². The minimum Gasteiger partial charge on any atom is -0.492 e. The van der Waals surface area contributed by atoms with Gasteiger partial charge in [-0.2, -0.15) is 0 Å². The van der Waals surface area contributed by atoms with Gasteiger partial charge < -0.3 is 10.5 Å². The fourth-order valence-electron chi connectivity index (χ4n) is 3.00. The standard InChI is InChI=1S/C19H23NO/c1-13(14-7-5-4-6-8-14)18(20)15-9-10-17-16(11-15)19(2,3)12-21-17/h4-11,13,18H,12,20H2,1-3H3. The van der Waals surface area contributed by atoms with Crippen LogP contribution in [0.1, 0.15) is 49.4 Å². The highest BCUT2D eigenvalue weighted by Crippen LogP contribution is 2.40. The number of rotatable bonds is 3. The summed E-state index contributed by atoms with van der Waals surface area (Å²) in [5.41, 5.74) is 10.3. The van der Waals surface area contributed by atoms with E-state index in [-0.39, 0.29) is 17.4 Å². The molecule has 2 heteroatoms. The predicted octanol–water partition coefficient (Wildman–Crippen LogP) is 4.16. The van der Waals surface area contributed by atoms with Crippen LogP contribution in [0.15, 0.2) is 48.5 Å². The summed E-state index contributed by atoms with van der Waals surface area (Å²) in [6.07, 6.45) is 0. The van der Waals surface area contributed by atoms with Gasteiger partial charge in [-0.05, 0) is 23.3 Å². The second-order valence-electron chi connectivity index (χ2n) is 6.65. The molecule has 2 aromatic carbocycles. The van der Waals surface area contributed by atoms with Crippen LogP contribution in [0.5, 0.6) is 5.75 Å². The van der Waals surface area contributed by atoms with E-state index in [1.54, 1.807) is 0 Å². The maximum Gasteiger partial charge on any atom is 0.123 e. The lowest BCUT2D eigenvalue weighted by Gasteiger charge is -2.23. The van der Waals surface area contributed by atoms with Gasteiger partial charge >= 0.3 is 0 Å². The van der Waals surface area contributed by atoms with Gasteiger partial charge in [0.1, 0.15) is 5.75 Å². The van der Waals surface area contributed by atoms with Gasteiger partial charge in [-0.1, -0.05) is 57.2 Å². The summed E-state index contributed by atoms with van der Waals surface area (Å²) in [7, 11) is 0. The van der Waals surface area contributed by atoms with Gasteiger partial charge in [-0.25, -0.2) is 0 Å². The average Bonchev–Trinajstić information content (AvgIpc) is 2.82. The quantitative estimate of drug-likeness (QED) is 0.917. The highest BCUT2D eigenvalue weighted by molar-refractivity contribution is 5.46. The van der Waals surface area contributed by atoms with Crippen molar-refractivity contribution in [2.24, 2.45) is 5.73 Å². The van der Waals surface area contributed by atoms with Gasteiger partial charge in [-0.15, -0.1) is 0 Å². The van der Waals surface area contributed by atoms with E-state index in [9.17, 15) is 0 Å². The summed E-state index contributed by atoms with van der Waals surface area (Å²) in [5.74, 6) is 1.29. The molecular weight excluding hydrogens is 258 g/mol. The van der Waals surface area contributed by atoms with Crippen molar-refractivity contribution < 1.29 is 4.74 Å². The fraction of sp³-hybridized carbons (Fsp3) is 0.368. The Balaban J connectivity index is 1.91. The third-order valence-corrected chi connectivity index (χ3v) is 4.57. The van der Waals surface area contributed by atoms with Crippen molar-refractivity contribution in [3.8, 4) is 5.75 Å². The molecule has 2 nitrogen and oxygen atoms in total. The maximum absolute atomic E-state index is 6.51. The van der Waals surface area contributed by atoms with E-state index in [0.29, 0.717) is 0 Å². The van der Waals surface area contributed by atoms with E-state index >= 15 is 0 Å². The van der Waals surface area contributed by atoms with Crippen molar-refractivity contribution >= 4 is 0 Å². The smallest absolute Gasteiger partial charge is 0.123 e. The third kappa shape index (κ3) is 2.56. The van der Waals surface area contributed by atoms with Crippen molar-refractivity contribution in [2.45, 2.75) is 38.1 Å². The Morgan fingerprint density at radius 1 is 1.05 bits per heavy atom. The maximum atomic E-state index is 6.51. The van der Waals surface area contributed by atoms with Crippen molar-refractivity contribution in [3.05, 3.63) is 65.2 Å². The second-order valence-corrected chi connectivity index (χ2v) is 6.65. The lowest BCUT2D eigenvalue weighted by Crippen LogP contribution is -2.20. The number of nitrogens with two attached hydrogens (primary N) is 1. The Labute approximate surface area is 126 Å². The number of hydrogen-bond acceptors (Lipinski definition) is 2. The van der Waals surface area contributed by atoms with E-state index in [4.69, 9.17) is 10.5 Å². The van der Waals surface area contributed by atoms with Crippen molar-refractivity contribution in [3.63, 3.8) is 0 Å². The molecule has 1 aliphatic rings. The Bertz CT molecular complexity index is 633. The summed E-state index contributed by atoms with van der Waals surface area (Å²) >= 11 is 0. The fourth-order valence-corrected chi connectivity index (χ4v) is 3.00. The van der Waals surface area contributed by atoms with Crippen LogP contribution in [-0.2, 0) is 5.41 Å². The molecule has 0 aliphatic carbocycles. The van der Waals surface area contributed by atoms with Crippen LogP contribution < -0.4 is 10.5 Å². The van der Waals surface area contributed by atoms with Crippen molar-refractivity contribution in [2.75, 3.05) is 6.61 Å². The Morgan fingerprint density at radius 3 is 2.48 bits per heavy atom. The first kappa shape index (κ1) is 14.2. The number of fused-ring (bicyclic) bond motifs is 1. The molecule has 2 aromatic rings. The number of benzene rings is 2. The molecule has 0 fully saturated rings. The molecule has 0 amide bonds. The van der Waals surface area contributed by atoms with E-state index in [0.717, 1.165) is 12.4 Å². The van der Waals surface area contributed by atoms with Crippen molar-refractivity contribution in [1.29, 1.82) is 0 Å². The molecule has 0 spiro atoms. The Kier molecular flexibility index (Phi) is 3.50. The number of ether oxygens (including phenoxy) is 1. The summed E-state index contributed by atoms with van der Waals surface area (Å²) in [5, 5.41) is 0. The summed E-state index contributed by atoms with van der Waals surface area (Å²) < 4.78 is 5.75. The SMILES string of the molecule is CC(c1ccccc1)C(N)c1ccc2c(c1)C(C)(C)CO2. The van der Waals surface area contributed by atoms with E-state index in [2.05, 4.69) is 63.2 Å². The van der Waals surface area contributed by atoms with Crippen LogP contribution in [0.2, 0.25) is 0 Å². The van der Waals surface area contributed by atoms with Gasteiger partial charge in [0.2, 0.25) is 0 Å². The van der Waals surface area contributed by atoms with Gasteiger partial charge in [0, 0.05) is 22.9 Å². The van der Waals surface area contributed by atoms with Crippen molar-refractivity contribution in [1.82, 2.24) is 0 Å². The average molecular weight is 281 g/mol. The molecular formula is C19H23NO. The summed E-state index contributed by atoms with van der Waals surface area (Å²) in [6.45, 7) is 7.37. The third-order valence-electron chi connectivity index (χ3n) is 4.57. The molecule has 3 rings (SSSR count). The lowest BCUT2D eigenvalue weighted by molar-refractivity contribution is 0.291. The molecule has 0 saturated carbocycles. The molecule has 2 atom stereocenters. The molecule has 110 valence electrons. The van der Waals surface area contributed by atoms with Gasteiger partial charge in [0.25, 0.3) is 0 Å². The van der Waals surface area contributed by atoms with Gasteiger partial charge in [0.05, 0.1) is 6.61 Å². The largest absolute Gasteiger partial charge is 0.492 e. The minimum atomic E-state index is -0.00546. The van der Waals surface area contributed by atoms with Crippen LogP contribution in [0, 0.1) is 0 Å². The molecule has 0 radical (unpaired) electrons. The monoisotopic (exact) mass is 281 g/mol. The van der Waals surface area contributed by atoms with Crippen LogP contribution in [-0.4, -0.2) is 6.61 Å². The van der Waals surface area contributed by atoms with Crippen LogP contribution >= 0.6 is 0 Å². The molecule has 0 bridgehead atoms. The first-order chi connectivity index (χ1) is 9.99. The first-order valence-corrected chi connectivity index (χ1v) is 7.57. The zero-order valence-corrected chi connectivity index (χ0v) is 13.0. The predicted molar refractivity (Wildman–Crippen MR) is 86.7 cm³/mol. The van der Waals surface area contributed by atoms with Crippen LogP contribution in [0.25, 0.3) is 0 Å². The van der Waals surface area contributed by atoms with Crippen LogP contribution in [0.3, 0.4) is 0 Å². The molecule has 0 saturated heterocycles. The zero-order chi connectivity index (χ0) is 15.0. The molecule has 2 unspecified atom stereocenters. The highest BCUT2D eigenvalue weighted by Gasteiger charge is 2.32. The summed E-state index contributed by atoms with van der Waals surface area (Å²) in [4.78, 5) is 0. The van der Waals surface area contributed by atoms with E-state index in [1.165, 1.54) is 16.7 Å².